The van der Waals surface area contributed by atoms with Crippen molar-refractivity contribution in [3.8, 4) is 0 Å². The lowest BCUT2D eigenvalue weighted by molar-refractivity contribution is -0.141. The first kappa shape index (κ1) is 44.0. The molecule has 4 nitrogen and oxygen atoms in total. The molecule has 256 valence electrons. The van der Waals surface area contributed by atoms with Gasteiger partial charge < -0.3 is 9.47 Å². The van der Waals surface area contributed by atoms with E-state index in [2.05, 4.69) is 56.4 Å². The number of carbonyl (C=O) groups excluding carboxylic acids is 2. The molecule has 0 saturated heterocycles. The van der Waals surface area contributed by atoms with Crippen LogP contribution in [0.5, 0.6) is 0 Å². The van der Waals surface area contributed by atoms with E-state index in [4.69, 9.17) is 9.47 Å². The SMILES string of the molecule is CCCC/C=C\CCCCCCCC/C=C/CCOC(C)=O.CCCC/C=C\CCCCCCCCC/C=C/COC(C)=O. The summed E-state index contributed by atoms with van der Waals surface area (Å²) in [6.45, 7) is 8.31. The van der Waals surface area contributed by atoms with E-state index in [9.17, 15) is 9.59 Å². The Labute approximate surface area is 274 Å². The molecule has 4 heteroatoms. The van der Waals surface area contributed by atoms with Gasteiger partial charge in [-0.2, -0.15) is 0 Å². The maximum Gasteiger partial charge on any atom is 0.302 e. The Bertz CT molecular complexity index is 704. The lowest BCUT2D eigenvalue weighted by Gasteiger charge is -2.00. The van der Waals surface area contributed by atoms with Crippen LogP contribution in [0.15, 0.2) is 48.6 Å². The summed E-state index contributed by atoms with van der Waals surface area (Å²) in [7, 11) is 0. The van der Waals surface area contributed by atoms with E-state index in [1.54, 1.807) is 0 Å². The van der Waals surface area contributed by atoms with Crippen LogP contribution in [0, 0.1) is 0 Å². The number of ether oxygens (including phenoxy) is 2. The third-order valence-electron chi connectivity index (χ3n) is 7.32. The number of allylic oxidation sites excluding steroid dienone is 6. The summed E-state index contributed by atoms with van der Waals surface area (Å²) in [5, 5.41) is 0. The average Bonchev–Trinajstić information content (AvgIpc) is 3.00. The summed E-state index contributed by atoms with van der Waals surface area (Å²) < 4.78 is 9.70. The van der Waals surface area contributed by atoms with Gasteiger partial charge in [-0.15, -0.1) is 0 Å². The normalized spacial score (nSPS) is 11.5. The highest BCUT2D eigenvalue weighted by molar-refractivity contribution is 5.66. The molecule has 0 aromatic heterocycles. The van der Waals surface area contributed by atoms with Crippen molar-refractivity contribution in [2.24, 2.45) is 0 Å². The third-order valence-corrected chi connectivity index (χ3v) is 7.32. The second-order valence-electron chi connectivity index (χ2n) is 11.9. The number of esters is 2. The van der Waals surface area contributed by atoms with Crippen LogP contribution in [0.25, 0.3) is 0 Å². The minimum atomic E-state index is -0.207. The van der Waals surface area contributed by atoms with Crippen LogP contribution in [-0.2, 0) is 19.1 Å². The second-order valence-corrected chi connectivity index (χ2v) is 11.9. The molecule has 0 N–H and O–H groups in total. The largest absolute Gasteiger partial charge is 0.466 e. The maximum absolute atomic E-state index is 10.6. The Hall–Kier alpha value is -2.10. The molecule has 0 aliphatic rings. The predicted molar refractivity (Wildman–Crippen MR) is 192 cm³/mol. The van der Waals surface area contributed by atoms with E-state index in [0.717, 1.165) is 19.3 Å². The van der Waals surface area contributed by atoms with E-state index in [0.29, 0.717) is 13.2 Å². The van der Waals surface area contributed by atoms with Crippen LogP contribution >= 0.6 is 0 Å². The van der Waals surface area contributed by atoms with Crippen LogP contribution in [0.1, 0.15) is 182 Å². The van der Waals surface area contributed by atoms with Gasteiger partial charge in [-0.05, 0) is 70.6 Å². The van der Waals surface area contributed by atoms with Crippen molar-refractivity contribution in [3.05, 3.63) is 48.6 Å². The molecule has 0 atom stereocenters. The zero-order chi connectivity index (χ0) is 32.6. The Morgan fingerprint density at radius 3 is 1.02 bits per heavy atom. The van der Waals surface area contributed by atoms with Gasteiger partial charge in [0.05, 0.1) is 6.61 Å². The van der Waals surface area contributed by atoms with Crippen molar-refractivity contribution in [2.75, 3.05) is 13.2 Å². The van der Waals surface area contributed by atoms with E-state index in [1.807, 2.05) is 6.08 Å². The molecule has 0 radical (unpaired) electrons. The lowest BCUT2D eigenvalue weighted by Crippen LogP contribution is -1.98. The van der Waals surface area contributed by atoms with Gasteiger partial charge in [0.1, 0.15) is 6.61 Å². The van der Waals surface area contributed by atoms with Crippen molar-refractivity contribution in [3.63, 3.8) is 0 Å². The van der Waals surface area contributed by atoms with Crippen LogP contribution < -0.4 is 0 Å². The van der Waals surface area contributed by atoms with Gasteiger partial charge in [-0.1, -0.05) is 146 Å². The first-order chi connectivity index (χ1) is 21.5. The van der Waals surface area contributed by atoms with Crippen molar-refractivity contribution in [1.82, 2.24) is 0 Å². The molecule has 0 spiro atoms. The zero-order valence-corrected chi connectivity index (χ0v) is 29.6. The molecule has 0 saturated carbocycles. The highest BCUT2D eigenvalue weighted by Crippen LogP contribution is 2.11. The number of carbonyl (C=O) groups is 2. The van der Waals surface area contributed by atoms with Gasteiger partial charge in [0.15, 0.2) is 0 Å². The molecule has 0 amide bonds. The molecule has 0 fully saturated rings. The minimum Gasteiger partial charge on any atom is -0.466 e. The fourth-order valence-corrected chi connectivity index (χ4v) is 4.61. The van der Waals surface area contributed by atoms with Gasteiger partial charge in [0.2, 0.25) is 0 Å². The van der Waals surface area contributed by atoms with E-state index in [1.165, 1.54) is 149 Å². The van der Waals surface area contributed by atoms with Crippen LogP contribution in [-0.4, -0.2) is 25.2 Å². The molecule has 0 aliphatic heterocycles. The van der Waals surface area contributed by atoms with Gasteiger partial charge in [0, 0.05) is 13.8 Å². The molecule has 44 heavy (non-hydrogen) atoms. The molecule has 0 aliphatic carbocycles. The molecule has 0 bridgehead atoms. The van der Waals surface area contributed by atoms with Crippen molar-refractivity contribution in [2.45, 2.75) is 182 Å². The molecular weight excluding hydrogens is 544 g/mol. The van der Waals surface area contributed by atoms with Gasteiger partial charge in [-0.25, -0.2) is 0 Å². The summed E-state index contributed by atoms with van der Waals surface area (Å²) >= 11 is 0. The van der Waals surface area contributed by atoms with Gasteiger partial charge in [0.25, 0.3) is 0 Å². The van der Waals surface area contributed by atoms with Crippen molar-refractivity contribution in [1.29, 1.82) is 0 Å². The standard InChI is InChI=1S/2C20H36O2/c2*1-3-4-5-6-7-8-9-10-11-12-13-14-15-16-17-18-19-22-20(2)21/h6-7,17-18H,3-5,8-16,19H2,1-2H3;6-7,16-17H,3-5,8-15,18-19H2,1-2H3/b7-6-,18-17+;7-6-,17-16+. The fraction of sp³-hybridized carbons (Fsp3) is 0.750. The zero-order valence-electron chi connectivity index (χ0n) is 29.6. The van der Waals surface area contributed by atoms with Crippen LogP contribution in [0.3, 0.4) is 0 Å². The minimum absolute atomic E-state index is 0.190. The third kappa shape index (κ3) is 46.8. The van der Waals surface area contributed by atoms with Crippen LogP contribution in [0.4, 0.5) is 0 Å². The monoisotopic (exact) mass is 617 g/mol. The van der Waals surface area contributed by atoms with Crippen molar-refractivity contribution >= 4 is 11.9 Å². The number of hydrogen-bond donors (Lipinski definition) is 0. The van der Waals surface area contributed by atoms with Crippen LogP contribution in [0.2, 0.25) is 0 Å². The predicted octanol–water partition coefficient (Wildman–Crippen LogP) is 12.7. The number of rotatable bonds is 30. The Balaban J connectivity index is 0. The smallest absolute Gasteiger partial charge is 0.302 e. The Morgan fingerprint density at radius 2 is 0.682 bits per heavy atom. The van der Waals surface area contributed by atoms with E-state index >= 15 is 0 Å². The molecule has 0 heterocycles. The van der Waals surface area contributed by atoms with E-state index in [-0.39, 0.29) is 11.9 Å². The Morgan fingerprint density at radius 1 is 0.386 bits per heavy atom. The number of unbranched alkanes of at least 4 members (excludes halogenated alkanes) is 19. The summed E-state index contributed by atoms with van der Waals surface area (Å²) in [6.07, 6.45) is 48.6. The topological polar surface area (TPSA) is 52.6 Å². The molecule has 0 unspecified atom stereocenters. The molecule has 0 rings (SSSR count). The summed E-state index contributed by atoms with van der Waals surface area (Å²) in [4.78, 5) is 21.1. The first-order valence-electron chi connectivity index (χ1n) is 18.4. The fourth-order valence-electron chi connectivity index (χ4n) is 4.61. The summed E-state index contributed by atoms with van der Waals surface area (Å²) in [5.41, 5.74) is 0. The quantitative estimate of drug-likeness (QED) is 0.0457. The van der Waals surface area contributed by atoms with Crippen molar-refractivity contribution < 1.29 is 19.1 Å². The summed E-state index contributed by atoms with van der Waals surface area (Å²) in [6, 6.07) is 0. The lowest BCUT2D eigenvalue weighted by atomic mass is 10.1. The highest BCUT2D eigenvalue weighted by Gasteiger charge is 1.93. The number of hydrogen-bond acceptors (Lipinski definition) is 4. The summed E-state index contributed by atoms with van der Waals surface area (Å²) in [5.74, 6) is -0.397. The molecule has 0 aromatic carbocycles. The van der Waals surface area contributed by atoms with Gasteiger partial charge in [-0.3, -0.25) is 9.59 Å². The molecule has 0 aromatic rings. The second kappa shape index (κ2) is 40.9. The highest BCUT2D eigenvalue weighted by atomic mass is 16.5. The molecular formula is C40H72O4. The first-order valence-corrected chi connectivity index (χ1v) is 18.4. The van der Waals surface area contributed by atoms with Gasteiger partial charge >= 0.3 is 11.9 Å². The van der Waals surface area contributed by atoms with E-state index < -0.39 is 0 Å². The average molecular weight is 617 g/mol. The maximum atomic E-state index is 10.6. The Kier molecular flexibility index (Phi) is 40.9.